The number of amidine groups is 2. The van der Waals surface area contributed by atoms with Crippen LogP contribution in [0, 0.1) is 10.8 Å². The molecule has 0 aliphatic heterocycles. The molecule has 1 aromatic carbocycles. The van der Waals surface area contributed by atoms with Crippen LogP contribution in [0.1, 0.15) is 20.7 Å². The van der Waals surface area contributed by atoms with Gasteiger partial charge in [-0.25, -0.2) is 9.59 Å². The van der Waals surface area contributed by atoms with Gasteiger partial charge in [0.2, 0.25) is 0 Å². The molecule has 0 spiro atoms. The van der Waals surface area contributed by atoms with E-state index in [0.717, 1.165) is 12.1 Å². The average molecular weight is 400 g/mol. The predicted octanol–water partition coefficient (Wildman–Crippen LogP) is 1.01. The van der Waals surface area contributed by atoms with Crippen molar-refractivity contribution < 1.29 is 29.4 Å². The Labute approximate surface area is 154 Å². The molecule has 0 aromatic heterocycles. The molecule has 0 aliphatic rings. The first kappa shape index (κ1) is 20.8. The van der Waals surface area contributed by atoms with E-state index < -0.39 is 45.5 Å². The lowest BCUT2D eigenvalue weighted by atomic mass is 10.1. The van der Waals surface area contributed by atoms with Gasteiger partial charge in [0.25, 0.3) is 11.8 Å². The molecule has 14 heteroatoms. The van der Waals surface area contributed by atoms with Crippen LogP contribution in [-0.4, -0.2) is 53.2 Å². The highest BCUT2D eigenvalue weighted by Crippen LogP contribution is 2.22. The van der Waals surface area contributed by atoms with E-state index in [1.54, 1.807) is 0 Å². The molecular formula is C12H12N6O6S2. The smallest absolute Gasteiger partial charge is 0.425 e. The Hall–Kier alpha value is -3.26. The zero-order chi connectivity index (χ0) is 20.0. The third-order valence-corrected chi connectivity index (χ3v) is 3.89. The quantitative estimate of drug-likeness (QED) is 0.235. The molecule has 0 fully saturated rings. The number of hydrogen-bond acceptors (Lipinski definition) is 8. The first-order chi connectivity index (χ1) is 12.1. The van der Waals surface area contributed by atoms with Crippen molar-refractivity contribution in [1.29, 1.82) is 10.8 Å². The third-order valence-electron chi connectivity index (χ3n) is 2.48. The van der Waals surface area contributed by atoms with Crippen LogP contribution >= 0.6 is 23.9 Å². The van der Waals surface area contributed by atoms with Crippen molar-refractivity contribution in [2.75, 3.05) is 0 Å². The van der Waals surface area contributed by atoms with Crippen molar-refractivity contribution in [2.24, 2.45) is 11.5 Å². The van der Waals surface area contributed by atoms with Crippen LogP contribution in [0.3, 0.4) is 0 Å². The normalized spacial score (nSPS) is 9.85. The molecule has 8 N–H and O–H groups in total. The Morgan fingerprint density at radius 3 is 1.35 bits per heavy atom. The summed E-state index contributed by atoms with van der Waals surface area (Å²) in [7, 11) is 0. The minimum atomic E-state index is -1.74. The molecule has 26 heavy (non-hydrogen) atoms. The molecule has 0 atom stereocenters. The molecule has 0 saturated heterocycles. The first-order valence-electron chi connectivity index (χ1n) is 6.34. The van der Waals surface area contributed by atoms with Crippen LogP contribution in [0.25, 0.3) is 0 Å². The lowest BCUT2D eigenvalue weighted by molar-refractivity contribution is 0.0821. The molecule has 0 radical (unpaired) electrons. The first-order valence-corrected chi connectivity index (χ1v) is 7.88. The molecule has 1 rings (SSSR count). The van der Waals surface area contributed by atoms with E-state index in [2.05, 4.69) is 0 Å². The fourth-order valence-electron chi connectivity index (χ4n) is 1.61. The minimum absolute atomic E-state index is 0.101. The van der Waals surface area contributed by atoms with Gasteiger partial charge in [0.05, 0.1) is 11.1 Å². The van der Waals surface area contributed by atoms with Crippen LogP contribution in [0.5, 0.6) is 0 Å². The topological polar surface area (TPSA) is 215 Å². The molecule has 0 heterocycles. The van der Waals surface area contributed by atoms with Gasteiger partial charge in [-0.2, -0.15) is 8.61 Å². The van der Waals surface area contributed by atoms with Crippen LogP contribution in [0.4, 0.5) is 9.59 Å². The lowest BCUT2D eigenvalue weighted by Gasteiger charge is -2.19. The molecule has 1 aromatic rings. The van der Waals surface area contributed by atoms with Gasteiger partial charge < -0.3 is 21.7 Å². The number of amides is 4. The summed E-state index contributed by atoms with van der Waals surface area (Å²) in [6.07, 6.45) is -3.49. The summed E-state index contributed by atoms with van der Waals surface area (Å²) < 4.78 is 0.245. The molecule has 0 aliphatic carbocycles. The van der Waals surface area contributed by atoms with Crippen LogP contribution < -0.4 is 11.5 Å². The fraction of sp³-hybridized carbons (Fsp3) is 0. The Balaban J connectivity index is 3.36. The highest BCUT2D eigenvalue weighted by Gasteiger charge is 2.32. The summed E-state index contributed by atoms with van der Waals surface area (Å²) in [4.78, 5) is 47.3. The number of rotatable bonds is 2. The molecule has 138 valence electrons. The molecule has 0 bridgehead atoms. The Kier molecular flexibility index (Phi) is 6.97. The summed E-state index contributed by atoms with van der Waals surface area (Å²) in [6.45, 7) is 0. The van der Waals surface area contributed by atoms with Crippen molar-refractivity contribution in [3.8, 4) is 0 Å². The van der Waals surface area contributed by atoms with E-state index in [1.165, 1.54) is 12.1 Å². The van der Waals surface area contributed by atoms with E-state index >= 15 is 0 Å². The lowest BCUT2D eigenvalue weighted by Crippen LogP contribution is -2.36. The second-order valence-electron chi connectivity index (χ2n) is 4.22. The highest BCUT2D eigenvalue weighted by atomic mass is 32.2. The average Bonchev–Trinajstić information content (AvgIpc) is 2.55. The van der Waals surface area contributed by atoms with Gasteiger partial charge in [0, 0.05) is 23.9 Å². The molecule has 12 nitrogen and oxygen atoms in total. The number of imide groups is 2. The predicted molar refractivity (Wildman–Crippen MR) is 93.8 cm³/mol. The molecule has 0 saturated carbocycles. The van der Waals surface area contributed by atoms with Gasteiger partial charge in [-0.3, -0.25) is 20.4 Å². The number of carbonyl (C=O) groups excluding carboxylic acids is 2. The number of benzene rings is 1. The standard InChI is InChI=1S/C12H12N6O6S2/c13-9(14)25-17(11(21)22)7(19)5-3-1-2-4-6(5)8(20)18(12(23)24)26-10(15)16/h1-4H,(H3,13,14)(H3,15,16)(H,21,22)(H,23,24). The van der Waals surface area contributed by atoms with E-state index in [4.69, 9.17) is 32.5 Å². The largest absolute Gasteiger partial charge is 0.464 e. The van der Waals surface area contributed by atoms with Crippen LogP contribution in [-0.2, 0) is 0 Å². The number of carbonyl (C=O) groups is 4. The summed E-state index contributed by atoms with van der Waals surface area (Å²) in [5, 5.41) is 31.0. The maximum atomic E-state index is 12.4. The van der Waals surface area contributed by atoms with Gasteiger partial charge in [0.1, 0.15) is 0 Å². The van der Waals surface area contributed by atoms with Gasteiger partial charge in [-0.1, -0.05) is 12.1 Å². The van der Waals surface area contributed by atoms with Crippen molar-refractivity contribution >= 4 is 58.2 Å². The summed E-state index contributed by atoms with van der Waals surface area (Å²) in [5.41, 5.74) is 9.28. The zero-order valence-corrected chi connectivity index (χ0v) is 14.3. The van der Waals surface area contributed by atoms with Gasteiger partial charge in [-0.05, 0) is 12.1 Å². The Bertz CT molecular complexity index is 735. The van der Waals surface area contributed by atoms with Crippen molar-refractivity contribution in [3.05, 3.63) is 35.4 Å². The maximum Gasteiger partial charge on any atom is 0.425 e. The molecular weight excluding hydrogens is 388 g/mol. The second kappa shape index (κ2) is 8.72. The van der Waals surface area contributed by atoms with Gasteiger partial charge in [0.15, 0.2) is 10.3 Å². The van der Waals surface area contributed by atoms with Crippen LogP contribution in [0.2, 0.25) is 0 Å². The fourth-order valence-corrected chi connectivity index (χ4v) is 2.52. The Morgan fingerprint density at radius 2 is 1.12 bits per heavy atom. The van der Waals surface area contributed by atoms with Crippen molar-refractivity contribution in [3.63, 3.8) is 0 Å². The summed E-state index contributed by atoms with van der Waals surface area (Å²) in [5.74, 6) is -2.42. The van der Waals surface area contributed by atoms with E-state index in [-0.39, 0.29) is 32.5 Å². The van der Waals surface area contributed by atoms with Gasteiger partial charge >= 0.3 is 12.2 Å². The summed E-state index contributed by atoms with van der Waals surface area (Å²) >= 11 is 0.202. The Morgan fingerprint density at radius 1 is 0.808 bits per heavy atom. The minimum Gasteiger partial charge on any atom is -0.464 e. The maximum absolute atomic E-state index is 12.4. The van der Waals surface area contributed by atoms with Crippen molar-refractivity contribution in [1.82, 2.24) is 8.61 Å². The highest BCUT2D eigenvalue weighted by molar-refractivity contribution is 8.12. The zero-order valence-electron chi connectivity index (χ0n) is 12.7. The van der Waals surface area contributed by atoms with E-state index in [9.17, 15) is 19.2 Å². The third kappa shape index (κ3) is 5.12. The number of nitrogens with one attached hydrogen (secondary N) is 2. The van der Waals surface area contributed by atoms with E-state index in [0.29, 0.717) is 0 Å². The van der Waals surface area contributed by atoms with Crippen molar-refractivity contribution in [2.45, 2.75) is 0 Å². The number of nitrogens with two attached hydrogens (primary N) is 2. The SMILES string of the molecule is N=C(N)SN(C(=O)O)C(=O)c1ccccc1C(=O)N(SC(=N)N)C(=O)O. The number of hydrogen-bond donors (Lipinski definition) is 6. The summed E-state index contributed by atoms with van der Waals surface area (Å²) in [6, 6.07) is 4.85. The molecule has 0 unspecified atom stereocenters. The second-order valence-corrected chi connectivity index (χ2v) is 6.20. The molecule has 4 amide bonds. The van der Waals surface area contributed by atoms with Crippen LogP contribution in [0.15, 0.2) is 24.3 Å². The van der Waals surface area contributed by atoms with E-state index in [1.807, 2.05) is 0 Å². The monoisotopic (exact) mass is 400 g/mol. The number of nitrogens with zero attached hydrogens (tertiary/aromatic N) is 2. The van der Waals surface area contributed by atoms with Gasteiger partial charge in [-0.15, -0.1) is 0 Å². The number of carboxylic acid groups (broad SMARTS) is 2.